The molecular weight excluding hydrogens is 402 g/mol. The van der Waals surface area contributed by atoms with Gasteiger partial charge in [0.1, 0.15) is 11.5 Å². The van der Waals surface area contributed by atoms with Crippen molar-refractivity contribution >= 4 is 23.6 Å². The number of nitrogens with zero attached hydrogens (tertiary/aromatic N) is 4. The van der Waals surface area contributed by atoms with E-state index in [2.05, 4.69) is 27.3 Å². The number of methoxy groups -OCH3 is 1. The number of fused-ring (bicyclic) bond motifs is 1. The van der Waals surface area contributed by atoms with E-state index in [-0.39, 0.29) is 5.91 Å². The first-order valence-corrected chi connectivity index (χ1v) is 10.1. The molecule has 1 N–H and O–H groups in total. The number of hydrogen-bond donors (Lipinski definition) is 1. The standard InChI is InChI=1S/C21H19N5O3S/c1-3-12-26-19(14-8-10-15(28-2)11-9-14)23-25-21(26)30-13-18-22-24-20(27)16-6-4-5-7-17(16)29-18/h3-11H,1,12-13H2,2H3,(H,24,27). The monoisotopic (exact) mass is 421 g/mol. The van der Waals surface area contributed by atoms with Crippen LogP contribution in [0.15, 0.2) is 71.4 Å². The van der Waals surface area contributed by atoms with Gasteiger partial charge in [0, 0.05) is 12.1 Å². The Balaban J connectivity index is 1.54. The molecule has 0 spiro atoms. The summed E-state index contributed by atoms with van der Waals surface area (Å²) < 4.78 is 13.0. The number of carbonyl (C=O) groups excluding carboxylic acids is 1. The summed E-state index contributed by atoms with van der Waals surface area (Å²) in [5.74, 6) is 2.40. The average molecular weight is 421 g/mol. The lowest BCUT2D eigenvalue weighted by Gasteiger charge is -2.09. The highest BCUT2D eigenvalue weighted by Crippen LogP contribution is 2.27. The molecule has 8 nitrogen and oxygen atoms in total. The van der Waals surface area contributed by atoms with E-state index in [1.165, 1.54) is 11.8 Å². The van der Waals surface area contributed by atoms with E-state index in [0.29, 0.717) is 34.7 Å². The molecule has 0 fully saturated rings. The van der Waals surface area contributed by atoms with E-state index >= 15 is 0 Å². The van der Waals surface area contributed by atoms with Gasteiger partial charge in [-0.15, -0.1) is 21.9 Å². The van der Waals surface area contributed by atoms with Gasteiger partial charge in [-0.1, -0.05) is 30.0 Å². The summed E-state index contributed by atoms with van der Waals surface area (Å²) in [6, 6.07) is 14.6. The molecule has 4 rings (SSSR count). The predicted octanol–water partition coefficient (Wildman–Crippen LogP) is 3.37. The van der Waals surface area contributed by atoms with Gasteiger partial charge in [0.25, 0.3) is 5.91 Å². The van der Waals surface area contributed by atoms with Crippen LogP contribution in [0.2, 0.25) is 0 Å². The number of carbonyl (C=O) groups is 1. The molecule has 0 saturated carbocycles. The zero-order chi connectivity index (χ0) is 20.9. The van der Waals surface area contributed by atoms with Crippen molar-refractivity contribution in [2.24, 2.45) is 5.10 Å². The smallest absolute Gasteiger partial charge is 0.275 e. The Morgan fingerprint density at radius 2 is 2.00 bits per heavy atom. The number of benzene rings is 2. The van der Waals surface area contributed by atoms with Crippen LogP contribution in [0.1, 0.15) is 10.4 Å². The molecule has 0 atom stereocenters. The van der Waals surface area contributed by atoms with Crippen LogP contribution < -0.4 is 14.9 Å². The minimum Gasteiger partial charge on any atom is -0.497 e. The fourth-order valence-electron chi connectivity index (χ4n) is 2.90. The summed E-state index contributed by atoms with van der Waals surface area (Å²) in [5, 5.41) is 13.4. The molecule has 0 saturated heterocycles. The minimum absolute atomic E-state index is 0.304. The van der Waals surface area contributed by atoms with Gasteiger partial charge >= 0.3 is 0 Å². The van der Waals surface area contributed by atoms with Crippen molar-refractivity contribution < 1.29 is 14.3 Å². The lowest BCUT2D eigenvalue weighted by atomic mass is 10.2. The van der Waals surface area contributed by atoms with Crippen molar-refractivity contribution in [3.05, 3.63) is 66.7 Å². The van der Waals surface area contributed by atoms with E-state index in [4.69, 9.17) is 9.47 Å². The summed E-state index contributed by atoms with van der Waals surface area (Å²) in [4.78, 5) is 12.1. The van der Waals surface area contributed by atoms with Crippen LogP contribution in [0.4, 0.5) is 0 Å². The Kier molecular flexibility index (Phi) is 5.80. The van der Waals surface area contributed by atoms with Gasteiger partial charge in [0.2, 0.25) is 5.90 Å². The number of amides is 1. The summed E-state index contributed by atoms with van der Waals surface area (Å²) in [5.41, 5.74) is 3.87. The summed E-state index contributed by atoms with van der Waals surface area (Å²) in [6.45, 7) is 4.38. The first kappa shape index (κ1) is 19.7. The number of hydrazone groups is 1. The first-order chi connectivity index (χ1) is 14.7. The van der Waals surface area contributed by atoms with Crippen LogP contribution in [-0.2, 0) is 6.54 Å². The summed E-state index contributed by atoms with van der Waals surface area (Å²) in [7, 11) is 1.63. The van der Waals surface area contributed by atoms with Crippen molar-refractivity contribution in [3.8, 4) is 22.9 Å². The van der Waals surface area contributed by atoms with Crippen LogP contribution in [0.5, 0.6) is 11.5 Å². The molecule has 30 heavy (non-hydrogen) atoms. The predicted molar refractivity (Wildman–Crippen MR) is 115 cm³/mol. The fourth-order valence-corrected chi connectivity index (χ4v) is 3.69. The molecule has 1 aliphatic heterocycles. The number of nitrogens with one attached hydrogen (secondary N) is 1. The van der Waals surface area contributed by atoms with Gasteiger partial charge in [-0.25, -0.2) is 5.43 Å². The van der Waals surface area contributed by atoms with Gasteiger partial charge in [-0.3, -0.25) is 9.36 Å². The highest BCUT2D eigenvalue weighted by molar-refractivity contribution is 7.99. The number of allylic oxidation sites excluding steroid dienone is 1. The van der Waals surface area contributed by atoms with Gasteiger partial charge in [-0.2, -0.15) is 0 Å². The minimum atomic E-state index is -0.304. The maximum atomic E-state index is 12.1. The van der Waals surface area contributed by atoms with Gasteiger partial charge in [0.15, 0.2) is 11.0 Å². The molecule has 0 unspecified atom stereocenters. The van der Waals surface area contributed by atoms with Gasteiger partial charge in [-0.05, 0) is 36.4 Å². The van der Waals surface area contributed by atoms with Crippen molar-refractivity contribution in [3.63, 3.8) is 0 Å². The molecule has 2 heterocycles. The van der Waals surface area contributed by atoms with Crippen LogP contribution in [-0.4, -0.2) is 39.4 Å². The largest absolute Gasteiger partial charge is 0.497 e. The molecular formula is C21H19N5O3S. The maximum absolute atomic E-state index is 12.1. The Labute approximate surface area is 177 Å². The van der Waals surface area contributed by atoms with Gasteiger partial charge < -0.3 is 9.47 Å². The molecule has 0 aliphatic carbocycles. The molecule has 0 bridgehead atoms. The molecule has 1 amide bonds. The summed E-state index contributed by atoms with van der Waals surface area (Å²) in [6.07, 6.45) is 1.79. The Morgan fingerprint density at radius 3 is 2.77 bits per heavy atom. The zero-order valence-electron chi connectivity index (χ0n) is 16.2. The average Bonchev–Trinajstić information content (AvgIpc) is 3.10. The van der Waals surface area contributed by atoms with Crippen molar-refractivity contribution in [2.45, 2.75) is 11.7 Å². The Morgan fingerprint density at radius 1 is 1.20 bits per heavy atom. The van der Waals surface area contributed by atoms with Crippen molar-refractivity contribution in [1.82, 2.24) is 20.2 Å². The second-order valence-corrected chi connectivity index (χ2v) is 7.21. The lowest BCUT2D eigenvalue weighted by Crippen LogP contribution is -2.18. The van der Waals surface area contributed by atoms with Crippen LogP contribution in [0.3, 0.4) is 0 Å². The van der Waals surface area contributed by atoms with Crippen molar-refractivity contribution in [1.29, 1.82) is 0 Å². The fraction of sp³-hybridized carbons (Fsp3) is 0.143. The number of hydrogen-bond acceptors (Lipinski definition) is 7. The molecule has 2 aromatic carbocycles. The van der Waals surface area contributed by atoms with Crippen LogP contribution in [0, 0.1) is 0 Å². The second kappa shape index (κ2) is 8.83. The highest BCUT2D eigenvalue weighted by atomic mass is 32.2. The number of aromatic nitrogens is 3. The van der Waals surface area contributed by atoms with E-state index < -0.39 is 0 Å². The Bertz CT molecular complexity index is 1110. The highest BCUT2D eigenvalue weighted by Gasteiger charge is 2.20. The third-order valence-corrected chi connectivity index (χ3v) is 5.29. The van der Waals surface area contributed by atoms with E-state index in [0.717, 1.165) is 17.1 Å². The quantitative estimate of drug-likeness (QED) is 0.465. The number of ether oxygens (including phenoxy) is 2. The number of rotatable bonds is 7. The normalized spacial score (nSPS) is 12.8. The molecule has 9 heteroatoms. The van der Waals surface area contributed by atoms with Crippen LogP contribution in [0.25, 0.3) is 11.4 Å². The van der Waals surface area contributed by atoms with E-state index in [9.17, 15) is 4.79 Å². The Hall–Kier alpha value is -3.59. The molecule has 1 aliphatic rings. The van der Waals surface area contributed by atoms with E-state index in [1.54, 1.807) is 31.4 Å². The number of thioether (sulfide) groups is 1. The van der Waals surface area contributed by atoms with E-state index in [1.807, 2.05) is 34.9 Å². The topological polar surface area (TPSA) is 90.6 Å². The lowest BCUT2D eigenvalue weighted by molar-refractivity contribution is 0.0955. The molecule has 1 aromatic heterocycles. The zero-order valence-corrected chi connectivity index (χ0v) is 17.1. The van der Waals surface area contributed by atoms with Crippen molar-refractivity contribution in [2.75, 3.05) is 12.9 Å². The summed E-state index contributed by atoms with van der Waals surface area (Å²) >= 11 is 1.41. The third-order valence-electron chi connectivity index (χ3n) is 4.34. The maximum Gasteiger partial charge on any atom is 0.275 e. The first-order valence-electron chi connectivity index (χ1n) is 9.14. The third kappa shape index (κ3) is 4.06. The SMILES string of the molecule is C=CCn1c(SCC2=NNC(=O)c3ccccc3O2)nnc1-c1ccc(OC)cc1. The van der Waals surface area contributed by atoms with Gasteiger partial charge in [0.05, 0.1) is 18.4 Å². The molecule has 0 radical (unpaired) electrons. The van der Waals surface area contributed by atoms with Crippen LogP contribution >= 0.6 is 11.8 Å². The second-order valence-electron chi connectivity index (χ2n) is 6.27. The number of para-hydroxylation sites is 1. The molecule has 152 valence electrons. The molecule has 3 aromatic rings.